The molecular weight excluding hydrogens is 529 g/mol. The molecule has 1 aromatic heterocycles. The van der Waals surface area contributed by atoms with Gasteiger partial charge in [-0.1, -0.05) is 48.5 Å². The lowest BCUT2D eigenvalue weighted by Gasteiger charge is -2.22. The lowest BCUT2D eigenvalue weighted by molar-refractivity contribution is 0.228. The molecule has 0 aliphatic carbocycles. The summed E-state index contributed by atoms with van der Waals surface area (Å²) in [5.74, 6) is 0.568. The number of anilines is 1. The van der Waals surface area contributed by atoms with Crippen LogP contribution in [0.3, 0.4) is 0 Å². The molecule has 0 fully saturated rings. The summed E-state index contributed by atoms with van der Waals surface area (Å²) in [6.07, 6.45) is 1.52. The molecule has 0 saturated carbocycles. The Hall–Kier alpha value is -5.11. The number of nitrogen functional groups attached to an aromatic ring is 1. The number of ether oxygens (including phenoxy) is 2. The van der Waals surface area contributed by atoms with Crippen molar-refractivity contribution in [1.29, 1.82) is 5.41 Å². The topological polar surface area (TPSA) is 109 Å². The zero-order chi connectivity index (χ0) is 29.6. The molecule has 5 N–H and O–H groups in total. The normalized spacial score (nSPS) is 11.7. The van der Waals surface area contributed by atoms with Crippen LogP contribution in [0.4, 0.5) is 10.1 Å². The average molecular weight is 564 g/mol. The molecule has 5 aromatic rings. The largest absolute Gasteiger partial charge is 0.494 e. The molecule has 0 aliphatic heterocycles. The quantitative estimate of drug-likeness (QED) is 0.0980. The third kappa shape index (κ3) is 6.44. The minimum atomic E-state index is -0.728. The minimum Gasteiger partial charge on any atom is -0.494 e. The van der Waals surface area contributed by atoms with Crippen molar-refractivity contribution in [3.8, 4) is 33.9 Å². The van der Waals surface area contributed by atoms with E-state index in [-0.39, 0.29) is 17.7 Å². The molecule has 0 amide bonds. The van der Waals surface area contributed by atoms with Crippen molar-refractivity contribution in [1.82, 2.24) is 9.97 Å². The highest BCUT2D eigenvalue weighted by atomic mass is 19.1. The van der Waals surface area contributed by atoms with Crippen molar-refractivity contribution in [2.45, 2.75) is 32.9 Å². The maximum absolute atomic E-state index is 16.1. The van der Waals surface area contributed by atoms with Crippen LogP contribution in [0.2, 0.25) is 0 Å². The van der Waals surface area contributed by atoms with Crippen molar-refractivity contribution in [3.63, 3.8) is 0 Å². The molecule has 0 radical (unpaired) electrons. The van der Waals surface area contributed by atoms with Crippen molar-refractivity contribution in [2.75, 3.05) is 11.9 Å². The standard InChI is InChI=1S/C34H34FN5O2/c1-4-41-27-18-28(31(35)30(19-27)42-21(2)3)32(39-26-15-13-23(14-16-26)33(36)37)34-38-20-29(40-34)25-12-8-11-24(17-25)22-9-6-5-7-10-22/h5-21,32,39H,4H2,1-3H3,(H3,36,37)(H,38,40). The number of aromatic nitrogens is 2. The van der Waals surface area contributed by atoms with Gasteiger partial charge in [-0.05, 0) is 68.3 Å². The van der Waals surface area contributed by atoms with Gasteiger partial charge < -0.3 is 25.5 Å². The smallest absolute Gasteiger partial charge is 0.171 e. The van der Waals surface area contributed by atoms with Gasteiger partial charge in [-0.15, -0.1) is 0 Å². The fraction of sp³-hybridized carbons (Fsp3) is 0.176. The van der Waals surface area contributed by atoms with Gasteiger partial charge in [0.15, 0.2) is 11.6 Å². The molecule has 42 heavy (non-hydrogen) atoms. The molecule has 214 valence electrons. The van der Waals surface area contributed by atoms with E-state index in [4.69, 9.17) is 25.6 Å². The molecule has 1 atom stereocenters. The van der Waals surface area contributed by atoms with Gasteiger partial charge in [0.05, 0.1) is 24.6 Å². The first kappa shape index (κ1) is 28.4. The van der Waals surface area contributed by atoms with Crippen LogP contribution in [-0.2, 0) is 0 Å². The van der Waals surface area contributed by atoms with E-state index in [2.05, 4.69) is 34.6 Å². The number of nitrogens with two attached hydrogens (primary N) is 1. The van der Waals surface area contributed by atoms with Crippen LogP contribution in [-0.4, -0.2) is 28.5 Å². The Balaban J connectivity index is 1.58. The van der Waals surface area contributed by atoms with Gasteiger partial charge >= 0.3 is 0 Å². The number of hydrogen-bond acceptors (Lipinski definition) is 5. The zero-order valence-electron chi connectivity index (χ0n) is 23.8. The van der Waals surface area contributed by atoms with Gasteiger partial charge in [0.2, 0.25) is 0 Å². The van der Waals surface area contributed by atoms with Crippen molar-refractivity contribution >= 4 is 11.5 Å². The second kappa shape index (κ2) is 12.6. The Morgan fingerprint density at radius 1 is 0.952 bits per heavy atom. The number of nitrogens with one attached hydrogen (secondary N) is 3. The molecule has 8 heteroatoms. The number of H-pyrrole nitrogens is 1. The molecule has 0 spiro atoms. The van der Waals surface area contributed by atoms with Crippen LogP contribution in [0, 0.1) is 11.2 Å². The highest BCUT2D eigenvalue weighted by molar-refractivity contribution is 5.95. The van der Waals surface area contributed by atoms with Crippen LogP contribution in [0.25, 0.3) is 22.4 Å². The molecule has 0 bridgehead atoms. The number of imidazole rings is 1. The Labute approximate surface area is 245 Å². The van der Waals surface area contributed by atoms with Crippen LogP contribution in [0.1, 0.15) is 43.8 Å². The zero-order valence-corrected chi connectivity index (χ0v) is 23.8. The third-order valence-electron chi connectivity index (χ3n) is 6.68. The predicted octanol–water partition coefficient (Wildman–Crippen LogP) is 7.55. The highest BCUT2D eigenvalue weighted by Gasteiger charge is 2.26. The second-order valence-corrected chi connectivity index (χ2v) is 10.1. The van der Waals surface area contributed by atoms with E-state index >= 15 is 4.39 Å². The average Bonchev–Trinajstić information content (AvgIpc) is 3.48. The molecule has 1 unspecified atom stereocenters. The predicted molar refractivity (Wildman–Crippen MR) is 166 cm³/mol. The lowest BCUT2D eigenvalue weighted by Crippen LogP contribution is -2.18. The summed E-state index contributed by atoms with van der Waals surface area (Å²) < 4.78 is 27.7. The lowest BCUT2D eigenvalue weighted by atomic mass is 10.0. The van der Waals surface area contributed by atoms with E-state index in [9.17, 15) is 0 Å². The van der Waals surface area contributed by atoms with E-state index < -0.39 is 11.9 Å². The summed E-state index contributed by atoms with van der Waals surface area (Å²) in [7, 11) is 0. The van der Waals surface area contributed by atoms with Gasteiger partial charge in [0, 0.05) is 28.4 Å². The van der Waals surface area contributed by atoms with Crippen LogP contribution >= 0.6 is 0 Å². The third-order valence-corrected chi connectivity index (χ3v) is 6.68. The summed E-state index contributed by atoms with van der Waals surface area (Å²) in [5.41, 5.74) is 11.2. The fourth-order valence-corrected chi connectivity index (χ4v) is 4.73. The van der Waals surface area contributed by atoms with Gasteiger partial charge in [0.1, 0.15) is 23.5 Å². The van der Waals surface area contributed by atoms with E-state index in [1.54, 1.807) is 42.6 Å². The molecule has 5 rings (SSSR count). The van der Waals surface area contributed by atoms with Crippen molar-refractivity contribution in [2.24, 2.45) is 5.73 Å². The molecule has 4 aromatic carbocycles. The number of halogens is 1. The number of amidine groups is 1. The SMILES string of the molecule is CCOc1cc(OC(C)C)c(F)c(C(Nc2ccc(C(=N)N)cc2)c2ncc(-c3cccc(-c4ccccc4)c3)[nH]2)c1. The molecular formula is C34H34FN5O2. The maximum Gasteiger partial charge on any atom is 0.171 e. The highest BCUT2D eigenvalue weighted by Crippen LogP contribution is 2.36. The fourth-order valence-electron chi connectivity index (χ4n) is 4.73. The van der Waals surface area contributed by atoms with Gasteiger partial charge in [-0.3, -0.25) is 5.41 Å². The van der Waals surface area contributed by atoms with Crippen LogP contribution in [0.15, 0.2) is 97.2 Å². The van der Waals surface area contributed by atoms with E-state index in [0.717, 1.165) is 22.4 Å². The molecule has 0 aliphatic rings. The number of rotatable bonds is 11. The molecule has 0 saturated heterocycles. The Bertz CT molecular complexity index is 1670. The summed E-state index contributed by atoms with van der Waals surface area (Å²) in [6.45, 7) is 5.99. The maximum atomic E-state index is 16.1. The minimum absolute atomic E-state index is 0.0301. The van der Waals surface area contributed by atoms with E-state index in [1.165, 1.54) is 0 Å². The van der Waals surface area contributed by atoms with Gasteiger partial charge in [-0.25, -0.2) is 9.37 Å². The Kier molecular flexibility index (Phi) is 8.52. The number of benzene rings is 4. The Morgan fingerprint density at radius 3 is 2.36 bits per heavy atom. The number of hydrogen-bond donors (Lipinski definition) is 4. The van der Waals surface area contributed by atoms with Crippen molar-refractivity contribution < 1.29 is 13.9 Å². The van der Waals surface area contributed by atoms with Gasteiger partial charge in [0.25, 0.3) is 0 Å². The Morgan fingerprint density at radius 2 is 1.67 bits per heavy atom. The second-order valence-electron chi connectivity index (χ2n) is 10.1. The first-order valence-corrected chi connectivity index (χ1v) is 13.9. The summed E-state index contributed by atoms with van der Waals surface area (Å²) >= 11 is 0. The number of aromatic amines is 1. The van der Waals surface area contributed by atoms with Crippen LogP contribution < -0.4 is 20.5 Å². The van der Waals surface area contributed by atoms with Gasteiger partial charge in [-0.2, -0.15) is 0 Å². The molecule has 1 heterocycles. The summed E-state index contributed by atoms with van der Waals surface area (Å²) in [4.78, 5) is 8.12. The first-order valence-electron chi connectivity index (χ1n) is 13.9. The summed E-state index contributed by atoms with van der Waals surface area (Å²) in [5, 5.41) is 11.1. The molecule has 7 nitrogen and oxygen atoms in total. The van der Waals surface area contributed by atoms with E-state index in [0.29, 0.717) is 35.0 Å². The van der Waals surface area contributed by atoms with Crippen molar-refractivity contribution in [3.05, 3.63) is 120 Å². The van der Waals surface area contributed by atoms with E-state index in [1.807, 2.05) is 51.1 Å². The monoisotopic (exact) mass is 563 g/mol. The first-order chi connectivity index (χ1) is 20.3. The summed E-state index contributed by atoms with van der Waals surface area (Å²) in [6, 6.07) is 27.9. The van der Waals surface area contributed by atoms with Crippen LogP contribution in [0.5, 0.6) is 11.5 Å². The number of nitrogens with zero attached hydrogens (tertiary/aromatic N) is 1.